The highest BCUT2D eigenvalue weighted by molar-refractivity contribution is 7.48. The lowest BCUT2D eigenvalue weighted by Gasteiger charge is -2.25. The number of amides is 2. The predicted molar refractivity (Wildman–Crippen MR) is 222 cm³/mol. The highest BCUT2D eigenvalue weighted by atomic mass is 31.2. The number of ether oxygens (including phenoxy) is 1. The molecule has 22 nitrogen and oxygen atoms in total. The number of carboxylic acid groups (broad SMARTS) is 1. The molecule has 2 aromatic heterocycles. The molecule has 4 rings (SSSR count). The number of fused-ring (bicyclic) bond motifs is 1. The number of nitrogens with one attached hydrogen (secondary N) is 3. The van der Waals surface area contributed by atoms with Crippen LogP contribution in [-0.2, 0) is 63.4 Å². The van der Waals surface area contributed by atoms with E-state index in [1.165, 1.54) is 42.6 Å². The van der Waals surface area contributed by atoms with Gasteiger partial charge in [0.1, 0.15) is 18.8 Å². The molecule has 0 spiro atoms. The molecule has 0 bridgehead atoms. The Morgan fingerprint density at radius 1 is 0.839 bits per heavy atom. The molecule has 0 radical (unpaired) electrons. The molecule has 2 heterocycles. The van der Waals surface area contributed by atoms with E-state index >= 15 is 0 Å². The van der Waals surface area contributed by atoms with E-state index in [2.05, 4.69) is 30.6 Å². The Balaban J connectivity index is 1.33. The summed E-state index contributed by atoms with van der Waals surface area (Å²) in [5.74, 6) is -3.77. The Bertz CT molecular complexity index is 2310. The van der Waals surface area contributed by atoms with Gasteiger partial charge >= 0.3 is 27.6 Å². The van der Waals surface area contributed by atoms with Gasteiger partial charge in [0.2, 0.25) is 11.9 Å². The summed E-state index contributed by atoms with van der Waals surface area (Å²) < 4.78 is 63.1. The Kier molecular flexibility index (Phi) is 18.8. The van der Waals surface area contributed by atoms with Crippen molar-refractivity contribution >= 4 is 62.2 Å². The van der Waals surface area contributed by atoms with Crippen molar-refractivity contribution < 1.29 is 65.3 Å². The molecular formula is C38H49N7O15P2. The van der Waals surface area contributed by atoms with E-state index in [0.29, 0.717) is 18.5 Å². The smallest absolute Gasteiger partial charge is 0.475 e. The molecule has 0 fully saturated rings. The SMILES string of the molecule is CCOP(=O)(OCC)OCC(COC(=O)c1ccccc1NC(=O)CC[C@@H](NC(=O)c1ccc(CCc2cnc3nc(N)[nH]c(=O)c3n2)cc1)C(=O)O)OP(=O)(OCC)OCC. The van der Waals surface area contributed by atoms with E-state index in [0.717, 1.165) is 5.56 Å². The fraction of sp³-hybridized carbons (Fsp3) is 0.421. The van der Waals surface area contributed by atoms with Gasteiger partial charge in [-0.3, -0.25) is 46.5 Å². The standard InChI is InChI=1S/C38H49N7O15P2/c1-5-55-61(52,56-6-2)59-23-27(60-62(53,57-7-3)58-8-4)22-54-37(51)28-11-9-10-12-29(28)42-31(46)20-19-30(36(49)50)43-34(47)25-16-13-24(14-17-25)15-18-26-21-40-33-32(41-26)35(48)45-38(39)44-33/h9-14,16-17,21,27,30H,5-8,15,18-20,22-23H2,1-4H3,(H,42,46)(H,43,47)(H,49,50)(H3,39,40,44,45,48)/t27?,30-/m1/s1. The largest absolute Gasteiger partial charge is 0.480 e. The van der Waals surface area contributed by atoms with Crippen molar-refractivity contribution in [2.75, 3.05) is 50.7 Å². The monoisotopic (exact) mass is 905 g/mol. The van der Waals surface area contributed by atoms with Crippen LogP contribution in [0.5, 0.6) is 0 Å². The maximum Gasteiger partial charge on any atom is 0.475 e. The van der Waals surface area contributed by atoms with E-state index in [1.54, 1.807) is 39.8 Å². The number of H-pyrrole nitrogens is 1. The number of aliphatic carboxylic acids is 1. The summed E-state index contributed by atoms with van der Waals surface area (Å²) in [6.45, 7) is 4.87. The van der Waals surface area contributed by atoms with Crippen molar-refractivity contribution in [3.63, 3.8) is 0 Å². The number of hydrogen-bond donors (Lipinski definition) is 5. The van der Waals surface area contributed by atoms with Crippen LogP contribution in [0.4, 0.5) is 11.6 Å². The van der Waals surface area contributed by atoms with Crippen LogP contribution < -0.4 is 21.9 Å². The van der Waals surface area contributed by atoms with Crippen molar-refractivity contribution in [2.24, 2.45) is 0 Å². The molecule has 0 aliphatic rings. The quantitative estimate of drug-likeness (QED) is 0.0424. The van der Waals surface area contributed by atoms with Crippen molar-refractivity contribution in [1.29, 1.82) is 0 Å². The first-order valence-electron chi connectivity index (χ1n) is 19.4. The number of nitrogen functional groups attached to an aromatic ring is 1. The Hall–Kier alpha value is -5.44. The Labute approximate surface area is 355 Å². The minimum Gasteiger partial charge on any atom is -0.480 e. The zero-order valence-electron chi connectivity index (χ0n) is 34.4. The number of phosphoric acid groups is 2. The molecule has 0 saturated carbocycles. The van der Waals surface area contributed by atoms with Gasteiger partial charge < -0.3 is 26.2 Å². The van der Waals surface area contributed by atoms with Gasteiger partial charge in [-0.15, -0.1) is 0 Å². The number of esters is 1. The zero-order valence-corrected chi connectivity index (χ0v) is 36.2. The number of para-hydroxylation sites is 1. The number of benzene rings is 2. The van der Waals surface area contributed by atoms with Gasteiger partial charge in [0.05, 0.1) is 56.2 Å². The first-order chi connectivity index (χ1) is 29.6. The number of aromatic amines is 1. The lowest BCUT2D eigenvalue weighted by Crippen LogP contribution is -2.41. The van der Waals surface area contributed by atoms with E-state index in [-0.39, 0.29) is 73.2 Å². The molecule has 4 aromatic rings. The molecule has 24 heteroatoms. The molecule has 6 N–H and O–H groups in total. The summed E-state index contributed by atoms with van der Waals surface area (Å²) in [5.41, 5.74) is 6.67. The second-order valence-electron chi connectivity index (χ2n) is 12.9. The third-order valence-electron chi connectivity index (χ3n) is 8.30. The van der Waals surface area contributed by atoms with Crippen molar-refractivity contribution in [3.05, 3.63) is 87.5 Å². The van der Waals surface area contributed by atoms with E-state index in [9.17, 15) is 38.2 Å². The second-order valence-corrected chi connectivity index (χ2v) is 16.2. The third-order valence-corrected chi connectivity index (χ3v) is 11.6. The van der Waals surface area contributed by atoms with Crippen LogP contribution in [0.15, 0.2) is 59.5 Å². The first kappa shape index (κ1) is 49.2. The molecular weight excluding hydrogens is 856 g/mol. The molecule has 0 aliphatic heterocycles. The Morgan fingerprint density at radius 3 is 2.13 bits per heavy atom. The number of nitrogens with zero attached hydrogens (tertiary/aromatic N) is 3. The molecule has 62 heavy (non-hydrogen) atoms. The number of phosphoric ester groups is 2. The van der Waals surface area contributed by atoms with Gasteiger partial charge in [0, 0.05) is 12.0 Å². The maximum absolute atomic E-state index is 13.3. The summed E-state index contributed by atoms with van der Waals surface area (Å²) in [4.78, 5) is 78.4. The number of aromatic nitrogens is 4. The van der Waals surface area contributed by atoms with Crippen LogP contribution in [0.1, 0.15) is 72.5 Å². The number of hydrogen-bond acceptors (Lipinski definition) is 18. The molecule has 336 valence electrons. The number of carboxylic acids is 1. The minimum absolute atomic E-state index is 0.0160. The molecule has 2 amide bonds. The molecule has 2 atom stereocenters. The number of aryl methyl sites for hydroxylation is 2. The van der Waals surface area contributed by atoms with Crippen LogP contribution in [0, 0.1) is 0 Å². The van der Waals surface area contributed by atoms with Crippen LogP contribution in [0.3, 0.4) is 0 Å². The first-order valence-corrected chi connectivity index (χ1v) is 22.3. The van der Waals surface area contributed by atoms with Crippen LogP contribution in [0.25, 0.3) is 11.2 Å². The summed E-state index contributed by atoms with van der Waals surface area (Å²) in [5, 5.41) is 14.8. The van der Waals surface area contributed by atoms with Crippen molar-refractivity contribution in [1.82, 2.24) is 25.3 Å². The lowest BCUT2D eigenvalue weighted by atomic mass is 10.0. The average Bonchev–Trinajstić information content (AvgIpc) is 3.23. The summed E-state index contributed by atoms with van der Waals surface area (Å²) >= 11 is 0. The topological polar surface area (TPSA) is 309 Å². The normalized spacial score (nSPS) is 12.7. The van der Waals surface area contributed by atoms with Gasteiger partial charge in [-0.2, -0.15) is 4.98 Å². The number of rotatable bonds is 26. The van der Waals surface area contributed by atoms with Gasteiger partial charge in [-0.25, -0.2) is 28.7 Å². The summed E-state index contributed by atoms with van der Waals surface area (Å²) in [6.07, 6.45) is 0.351. The van der Waals surface area contributed by atoms with Gasteiger partial charge in [-0.05, 0) is 76.8 Å². The van der Waals surface area contributed by atoms with Gasteiger partial charge in [0.15, 0.2) is 11.2 Å². The van der Waals surface area contributed by atoms with E-state index in [4.69, 9.17) is 37.6 Å². The number of carbonyl (C=O) groups is 4. The van der Waals surface area contributed by atoms with Crippen molar-refractivity contribution in [3.8, 4) is 0 Å². The number of carbonyl (C=O) groups excluding carboxylic acids is 3. The van der Waals surface area contributed by atoms with E-state index < -0.39 is 70.3 Å². The van der Waals surface area contributed by atoms with Crippen LogP contribution >= 0.6 is 15.6 Å². The van der Waals surface area contributed by atoms with Gasteiger partial charge in [0.25, 0.3) is 11.5 Å². The lowest BCUT2D eigenvalue weighted by molar-refractivity contribution is -0.139. The maximum atomic E-state index is 13.3. The van der Waals surface area contributed by atoms with Crippen molar-refractivity contribution in [2.45, 2.75) is 65.5 Å². The average molecular weight is 906 g/mol. The van der Waals surface area contributed by atoms with Crippen LogP contribution in [0.2, 0.25) is 0 Å². The van der Waals surface area contributed by atoms with Gasteiger partial charge in [-0.1, -0.05) is 24.3 Å². The zero-order chi connectivity index (χ0) is 45.3. The number of nitrogens with two attached hydrogens (primary N) is 1. The molecule has 2 aromatic carbocycles. The minimum atomic E-state index is -4.20. The fourth-order valence-corrected chi connectivity index (χ4v) is 8.02. The predicted octanol–water partition coefficient (Wildman–Crippen LogP) is 4.60. The van der Waals surface area contributed by atoms with Crippen LogP contribution in [-0.4, -0.2) is 101 Å². The molecule has 0 saturated heterocycles. The summed E-state index contributed by atoms with van der Waals surface area (Å²) in [7, 11) is -8.28. The fourth-order valence-electron chi connectivity index (χ4n) is 5.50. The number of anilines is 2. The highest BCUT2D eigenvalue weighted by Crippen LogP contribution is 2.52. The summed E-state index contributed by atoms with van der Waals surface area (Å²) in [6, 6.07) is 10.8. The third kappa shape index (κ3) is 14.9. The second kappa shape index (κ2) is 23.7. The Morgan fingerprint density at radius 2 is 1.48 bits per heavy atom. The molecule has 1 unspecified atom stereocenters. The van der Waals surface area contributed by atoms with E-state index in [1.807, 2.05) is 0 Å². The molecule has 0 aliphatic carbocycles. The highest BCUT2D eigenvalue weighted by Gasteiger charge is 2.34.